The molecule has 5 rings (SSSR count). The van der Waals surface area contributed by atoms with Crippen molar-refractivity contribution in [3.8, 4) is 11.5 Å². The first-order chi connectivity index (χ1) is 19.3. The number of hydrogen-bond donors (Lipinski definition) is 3. The second kappa shape index (κ2) is 11.6. The van der Waals surface area contributed by atoms with E-state index < -0.39 is 0 Å². The molecule has 0 unspecified atom stereocenters. The molecule has 4 aromatic heterocycles. The molecule has 40 heavy (non-hydrogen) atoms. The second-order valence-electron chi connectivity index (χ2n) is 10.0. The van der Waals surface area contributed by atoms with Crippen molar-refractivity contribution in [2.75, 3.05) is 26.3 Å². The maximum atomic E-state index is 13.2. The van der Waals surface area contributed by atoms with Crippen molar-refractivity contribution >= 4 is 46.2 Å². The highest BCUT2D eigenvalue weighted by Crippen LogP contribution is 2.29. The molecule has 0 aliphatic carbocycles. The van der Waals surface area contributed by atoms with Crippen LogP contribution in [0.4, 0.5) is 0 Å². The zero-order valence-electron chi connectivity index (χ0n) is 22.7. The van der Waals surface area contributed by atoms with Gasteiger partial charge in [0, 0.05) is 38.1 Å². The van der Waals surface area contributed by atoms with Crippen molar-refractivity contribution in [1.29, 1.82) is 0 Å². The zero-order chi connectivity index (χ0) is 28.2. The molecule has 0 aromatic carbocycles. The monoisotopic (exact) mass is 541 g/mol. The predicted octanol–water partition coefficient (Wildman–Crippen LogP) is 3.48. The third kappa shape index (κ3) is 5.66. The Morgan fingerprint density at radius 2 is 2.05 bits per heavy atom. The summed E-state index contributed by atoms with van der Waals surface area (Å²) in [7, 11) is 0. The van der Waals surface area contributed by atoms with Crippen LogP contribution < -0.4 is 5.32 Å². The third-order valence-corrected chi connectivity index (χ3v) is 6.50. The van der Waals surface area contributed by atoms with Gasteiger partial charge in [0.15, 0.2) is 11.5 Å². The molecule has 1 saturated heterocycles. The van der Waals surface area contributed by atoms with Gasteiger partial charge in [-0.1, -0.05) is 13.8 Å². The number of carbonyl (C=O) groups excluding carboxylic acids is 2. The van der Waals surface area contributed by atoms with Crippen molar-refractivity contribution in [3.63, 3.8) is 0 Å². The number of amides is 2. The Morgan fingerprint density at radius 1 is 1.25 bits per heavy atom. The van der Waals surface area contributed by atoms with Crippen LogP contribution in [0.2, 0.25) is 0 Å². The van der Waals surface area contributed by atoms with Gasteiger partial charge in [-0.3, -0.25) is 24.7 Å². The van der Waals surface area contributed by atoms with Crippen molar-refractivity contribution < 1.29 is 14.3 Å². The number of imidazole rings is 1. The summed E-state index contributed by atoms with van der Waals surface area (Å²) in [6, 6.07) is 1.95. The molecule has 0 atom stereocenters. The minimum absolute atomic E-state index is 0.0921. The van der Waals surface area contributed by atoms with Gasteiger partial charge in [0.05, 0.1) is 41.6 Å². The lowest BCUT2D eigenvalue weighted by Gasteiger charge is -2.26. The number of ether oxygens (including phenoxy) is 1. The van der Waals surface area contributed by atoms with E-state index in [9.17, 15) is 9.59 Å². The van der Waals surface area contributed by atoms with Crippen molar-refractivity contribution in [3.05, 3.63) is 53.8 Å². The topological polar surface area (TPSA) is 154 Å². The van der Waals surface area contributed by atoms with E-state index >= 15 is 0 Å². The number of pyridine rings is 2. The molecule has 4 aromatic rings. The Kier molecular flexibility index (Phi) is 7.78. The highest BCUT2D eigenvalue weighted by Gasteiger charge is 2.23. The van der Waals surface area contributed by atoms with Crippen LogP contribution in [0.5, 0.6) is 0 Å². The maximum absolute atomic E-state index is 13.2. The molecule has 206 valence electrons. The van der Waals surface area contributed by atoms with E-state index in [-0.39, 0.29) is 17.7 Å². The van der Waals surface area contributed by atoms with E-state index in [4.69, 9.17) is 9.72 Å². The molecule has 0 bridgehead atoms. The normalized spacial score (nSPS) is 14.8. The van der Waals surface area contributed by atoms with Crippen LogP contribution in [0, 0.1) is 5.92 Å². The first-order valence-electron chi connectivity index (χ1n) is 13.0. The van der Waals surface area contributed by atoms with Crippen LogP contribution in [0.3, 0.4) is 0 Å². The second-order valence-corrected chi connectivity index (χ2v) is 10.0. The van der Waals surface area contributed by atoms with Crippen LogP contribution in [-0.4, -0.2) is 79.9 Å². The van der Waals surface area contributed by atoms with Crippen LogP contribution in [0.15, 0.2) is 47.6 Å². The fraction of sp³-hybridized carbons (Fsp3) is 0.321. The SMILES string of the molecule is C=N/C=C(\C=C(/C)c1cnc2[nH]nc(-c3nc4c(C(=O)N5CCOCC5)cncc4[nH]3)c2c1)NC(=O)CC(C)C. The molecular formula is C28H31N9O3. The van der Waals surface area contributed by atoms with Crippen molar-refractivity contribution in [2.24, 2.45) is 10.9 Å². The number of aromatic amines is 2. The number of allylic oxidation sites excluding steroid dienone is 2. The average molecular weight is 542 g/mol. The summed E-state index contributed by atoms with van der Waals surface area (Å²) in [5.41, 5.74) is 4.95. The number of morpholine rings is 1. The molecule has 12 heteroatoms. The van der Waals surface area contributed by atoms with Crippen LogP contribution in [0.25, 0.3) is 39.2 Å². The third-order valence-electron chi connectivity index (χ3n) is 6.50. The van der Waals surface area contributed by atoms with E-state index in [0.29, 0.717) is 72.2 Å². The van der Waals surface area contributed by atoms with Crippen molar-refractivity contribution in [2.45, 2.75) is 27.2 Å². The van der Waals surface area contributed by atoms with E-state index in [0.717, 1.165) is 16.5 Å². The highest BCUT2D eigenvalue weighted by atomic mass is 16.5. The zero-order valence-corrected chi connectivity index (χ0v) is 22.7. The standard InChI is InChI=1S/C28H31N9O3/c1-16(2)9-23(38)32-19(13-29-4)10-17(3)18-11-20-25(35-36-26(20)31-12-18)27-33-22-15-30-14-21(24(22)34-27)28(39)37-5-7-40-8-6-37/h10-16H,4-9H2,1-3H3,(H,32,38)(H,33,34)(H,31,35,36)/b17-10+,19-13+. The first-order valence-corrected chi connectivity index (χ1v) is 13.0. The summed E-state index contributed by atoms with van der Waals surface area (Å²) in [6.45, 7) is 11.5. The van der Waals surface area contributed by atoms with E-state index in [2.05, 4.69) is 42.2 Å². The fourth-order valence-electron chi connectivity index (χ4n) is 4.54. The minimum Gasteiger partial charge on any atom is -0.378 e. The maximum Gasteiger partial charge on any atom is 0.257 e. The Morgan fingerprint density at radius 3 is 2.80 bits per heavy atom. The first kappa shape index (κ1) is 26.9. The number of nitrogens with zero attached hydrogens (tertiary/aromatic N) is 6. The summed E-state index contributed by atoms with van der Waals surface area (Å²) >= 11 is 0. The summed E-state index contributed by atoms with van der Waals surface area (Å²) in [6.07, 6.45) is 8.65. The van der Waals surface area contributed by atoms with Gasteiger partial charge in [0.25, 0.3) is 5.91 Å². The molecule has 1 aliphatic heterocycles. The Labute approximate surface area is 230 Å². The molecule has 3 N–H and O–H groups in total. The lowest BCUT2D eigenvalue weighted by molar-refractivity contribution is -0.121. The Hall–Kier alpha value is -4.71. The Bertz CT molecular complexity index is 1640. The van der Waals surface area contributed by atoms with Gasteiger partial charge < -0.3 is 19.9 Å². The van der Waals surface area contributed by atoms with Gasteiger partial charge in [0.2, 0.25) is 5.91 Å². The number of hydrogen-bond acceptors (Lipinski definition) is 8. The number of fused-ring (bicyclic) bond motifs is 2. The number of aliphatic imine (C=N–C) groups is 1. The number of aromatic nitrogens is 6. The smallest absolute Gasteiger partial charge is 0.257 e. The summed E-state index contributed by atoms with van der Waals surface area (Å²) in [4.78, 5) is 47.9. The summed E-state index contributed by atoms with van der Waals surface area (Å²) in [5, 5.41) is 11.0. The molecule has 0 saturated carbocycles. The van der Waals surface area contributed by atoms with Crippen LogP contribution in [0.1, 0.15) is 43.1 Å². The molecule has 2 amide bonds. The fourth-order valence-corrected chi connectivity index (χ4v) is 4.54. The quantitative estimate of drug-likeness (QED) is 0.228. The Balaban J connectivity index is 1.47. The summed E-state index contributed by atoms with van der Waals surface area (Å²) in [5.74, 6) is 0.500. The lowest BCUT2D eigenvalue weighted by Crippen LogP contribution is -2.40. The van der Waals surface area contributed by atoms with Gasteiger partial charge >= 0.3 is 0 Å². The average Bonchev–Trinajstić information content (AvgIpc) is 3.56. The molecule has 5 heterocycles. The largest absolute Gasteiger partial charge is 0.378 e. The predicted molar refractivity (Wildman–Crippen MR) is 152 cm³/mol. The van der Waals surface area contributed by atoms with Gasteiger partial charge in [-0.05, 0) is 42.8 Å². The van der Waals surface area contributed by atoms with E-state index in [1.54, 1.807) is 23.5 Å². The molecule has 1 aliphatic rings. The lowest BCUT2D eigenvalue weighted by atomic mass is 10.1. The van der Waals surface area contributed by atoms with E-state index in [1.165, 1.54) is 6.20 Å². The van der Waals surface area contributed by atoms with Crippen LogP contribution in [-0.2, 0) is 9.53 Å². The van der Waals surface area contributed by atoms with Crippen molar-refractivity contribution in [1.82, 2.24) is 40.3 Å². The van der Waals surface area contributed by atoms with Gasteiger partial charge in [-0.15, -0.1) is 0 Å². The van der Waals surface area contributed by atoms with Gasteiger partial charge in [-0.25, -0.2) is 9.97 Å². The highest BCUT2D eigenvalue weighted by molar-refractivity contribution is 6.05. The van der Waals surface area contributed by atoms with Gasteiger partial charge in [0.1, 0.15) is 11.2 Å². The molecule has 12 nitrogen and oxygen atoms in total. The van der Waals surface area contributed by atoms with Crippen LogP contribution >= 0.6 is 0 Å². The molecule has 0 spiro atoms. The summed E-state index contributed by atoms with van der Waals surface area (Å²) < 4.78 is 5.38. The number of carbonyl (C=O) groups is 2. The minimum atomic E-state index is -0.130. The number of nitrogens with one attached hydrogen (secondary N) is 3. The molecule has 1 fully saturated rings. The van der Waals surface area contributed by atoms with Gasteiger partial charge in [-0.2, -0.15) is 5.10 Å². The number of rotatable bonds is 8. The molecule has 0 radical (unpaired) electrons. The van der Waals surface area contributed by atoms with E-state index in [1.807, 2.05) is 32.9 Å². The molecular weight excluding hydrogens is 510 g/mol. The number of H-pyrrole nitrogens is 2.